The van der Waals surface area contributed by atoms with Gasteiger partial charge in [0.05, 0.1) is 13.2 Å². The highest BCUT2D eigenvalue weighted by atomic mass is 79.9. The van der Waals surface area contributed by atoms with Gasteiger partial charge < -0.3 is 9.47 Å². The molecule has 3 aromatic rings. The summed E-state index contributed by atoms with van der Waals surface area (Å²) >= 11 is 3.33. The molecule has 0 aliphatic carbocycles. The number of rotatable bonds is 7. The minimum Gasteiger partial charge on any atom is -0.489 e. The van der Waals surface area contributed by atoms with E-state index in [1.54, 1.807) is 25.1 Å². The molecule has 0 aliphatic heterocycles. The molecule has 1 heterocycles. The van der Waals surface area contributed by atoms with Gasteiger partial charge >= 0.3 is 12.1 Å². The summed E-state index contributed by atoms with van der Waals surface area (Å²) < 4.78 is 52.6. The SMILES string of the molecule is CCOC(=O)c1cc(C(F)(F)F)n(Cc2cc(Br)ccc2OCc2ccccc2)n1. The molecule has 1 aromatic heterocycles. The van der Waals surface area contributed by atoms with Gasteiger partial charge in [-0.05, 0) is 30.7 Å². The van der Waals surface area contributed by atoms with Crippen LogP contribution in [0.15, 0.2) is 59.1 Å². The quantitative estimate of drug-likeness (QED) is 0.419. The molecule has 0 atom stereocenters. The highest BCUT2D eigenvalue weighted by molar-refractivity contribution is 9.10. The van der Waals surface area contributed by atoms with Crippen molar-refractivity contribution in [3.8, 4) is 5.75 Å². The molecule has 0 unspecified atom stereocenters. The lowest BCUT2D eigenvalue weighted by Gasteiger charge is -2.15. The van der Waals surface area contributed by atoms with Gasteiger partial charge in [-0.15, -0.1) is 0 Å². The number of ether oxygens (including phenoxy) is 2. The molecule has 0 bridgehead atoms. The summed E-state index contributed by atoms with van der Waals surface area (Å²) in [5.41, 5.74) is -0.0409. The van der Waals surface area contributed by atoms with Crippen molar-refractivity contribution in [3.05, 3.63) is 81.6 Å². The summed E-state index contributed by atoms with van der Waals surface area (Å²) in [6.45, 7) is 1.63. The number of aromatic nitrogens is 2. The van der Waals surface area contributed by atoms with E-state index in [9.17, 15) is 18.0 Å². The fourth-order valence-electron chi connectivity index (χ4n) is 2.78. The average molecular weight is 483 g/mol. The Labute approximate surface area is 179 Å². The first kappa shape index (κ1) is 21.9. The molecule has 0 fully saturated rings. The van der Waals surface area contributed by atoms with Crippen LogP contribution in [0.1, 0.15) is 34.2 Å². The van der Waals surface area contributed by atoms with Crippen molar-refractivity contribution in [2.24, 2.45) is 0 Å². The monoisotopic (exact) mass is 482 g/mol. The normalized spacial score (nSPS) is 11.4. The number of carbonyl (C=O) groups excluding carboxylic acids is 1. The van der Waals surface area contributed by atoms with Crippen LogP contribution >= 0.6 is 15.9 Å². The van der Waals surface area contributed by atoms with E-state index in [-0.39, 0.29) is 19.8 Å². The summed E-state index contributed by atoms with van der Waals surface area (Å²) in [6.07, 6.45) is -4.69. The highest BCUT2D eigenvalue weighted by Gasteiger charge is 2.37. The van der Waals surface area contributed by atoms with Crippen molar-refractivity contribution in [2.75, 3.05) is 6.61 Å². The van der Waals surface area contributed by atoms with Gasteiger partial charge in [0.15, 0.2) is 5.69 Å². The lowest BCUT2D eigenvalue weighted by atomic mass is 10.2. The van der Waals surface area contributed by atoms with Crippen LogP contribution in [0.2, 0.25) is 0 Å². The Morgan fingerprint density at radius 3 is 2.53 bits per heavy atom. The van der Waals surface area contributed by atoms with Gasteiger partial charge in [0.25, 0.3) is 0 Å². The van der Waals surface area contributed by atoms with Crippen molar-refractivity contribution in [2.45, 2.75) is 26.3 Å². The van der Waals surface area contributed by atoms with Crippen LogP contribution in [-0.4, -0.2) is 22.4 Å². The van der Waals surface area contributed by atoms with Crippen molar-refractivity contribution in [1.82, 2.24) is 9.78 Å². The number of halogens is 4. The minimum absolute atomic E-state index is 0.0378. The van der Waals surface area contributed by atoms with Crippen molar-refractivity contribution >= 4 is 21.9 Å². The first-order chi connectivity index (χ1) is 14.3. The van der Waals surface area contributed by atoms with Crippen LogP contribution in [0.25, 0.3) is 0 Å². The molecule has 0 amide bonds. The fraction of sp³-hybridized carbons (Fsp3) is 0.238. The van der Waals surface area contributed by atoms with Crippen LogP contribution in [0.5, 0.6) is 5.75 Å². The number of carbonyl (C=O) groups is 1. The minimum atomic E-state index is -4.69. The Morgan fingerprint density at radius 1 is 1.13 bits per heavy atom. The molecule has 5 nitrogen and oxygen atoms in total. The average Bonchev–Trinajstić information content (AvgIpc) is 3.13. The number of benzene rings is 2. The third kappa shape index (κ3) is 5.41. The fourth-order valence-corrected chi connectivity index (χ4v) is 3.19. The Balaban J connectivity index is 1.91. The molecular formula is C21H18BrF3N2O3. The topological polar surface area (TPSA) is 53.4 Å². The number of hydrogen-bond donors (Lipinski definition) is 0. The van der Waals surface area contributed by atoms with Crippen LogP contribution < -0.4 is 4.74 Å². The highest BCUT2D eigenvalue weighted by Crippen LogP contribution is 2.32. The predicted molar refractivity (Wildman–Crippen MR) is 107 cm³/mol. The Kier molecular flexibility index (Phi) is 6.81. The number of esters is 1. The van der Waals surface area contributed by atoms with E-state index in [0.717, 1.165) is 10.2 Å². The van der Waals surface area contributed by atoms with Crippen LogP contribution in [0.4, 0.5) is 13.2 Å². The second-order valence-corrected chi connectivity index (χ2v) is 7.23. The van der Waals surface area contributed by atoms with Crippen molar-refractivity contribution in [1.29, 1.82) is 0 Å². The molecule has 0 saturated heterocycles. The van der Waals surface area contributed by atoms with E-state index >= 15 is 0 Å². The second-order valence-electron chi connectivity index (χ2n) is 6.32. The van der Waals surface area contributed by atoms with Gasteiger partial charge in [-0.25, -0.2) is 4.79 Å². The van der Waals surface area contributed by atoms with Gasteiger partial charge in [0, 0.05) is 16.1 Å². The van der Waals surface area contributed by atoms with Crippen molar-refractivity contribution < 1.29 is 27.4 Å². The zero-order chi connectivity index (χ0) is 21.7. The summed E-state index contributed by atoms with van der Waals surface area (Å²) in [4.78, 5) is 11.9. The maximum absolute atomic E-state index is 13.5. The van der Waals surface area contributed by atoms with E-state index in [2.05, 4.69) is 21.0 Å². The molecule has 0 spiro atoms. The van der Waals surface area contributed by atoms with Crippen LogP contribution in [0.3, 0.4) is 0 Å². The number of nitrogens with zero attached hydrogens (tertiary/aromatic N) is 2. The van der Waals surface area contributed by atoms with E-state index < -0.39 is 23.5 Å². The third-order valence-corrected chi connectivity index (χ3v) is 4.63. The first-order valence-corrected chi connectivity index (χ1v) is 9.84. The lowest BCUT2D eigenvalue weighted by molar-refractivity contribution is -0.144. The summed E-state index contributed by atoms with van der Waals surface area (Å²) in [5.74, 6) is -0.486. The molecule has 0 radical (unpaired) electrons. The summed E-state index contributed by atoms with van der Waals surface area (Å²) in [5, 5.41) is 3.83. The molecule has 0 aliphatic rings. The maximum atomic E-state index is 13.5. The number of alkyl halides is 3. The van der Waals surface area contributed by atoms with E-state index in [0.29, 0.717) is 21.9 Å². The van der Waals surface area contributed by atoms with Gasteiger partial charge in [0.1, 0.15) is 18.1 Å². The zero-order valence-electron chi connectivity index (χ0n) is 15.9. The predicted octanol–water partition coefficient (Wildman–Crippen LogP) is 5.47. The van der Waals surface area contributed by atoms with Crippen LogP contribution in [-0.2, 0) is 24.1 Å². The Morgan fingerprint density at radius 2 is 1.87 bits per heavy atom. The first-order valence-electron chi connectivity index (χ1n) is 9.05. The van der Waals surface area contributed by atoms with E-state index in [1.807, 2.05) is 30.3 Å². The van der Waals surface area contributed by atoms with Gasteiger partial charge in [-0.1, -0.05) is 46.3 Å². The third-order valence-electron chi connectivity index (χ3n) is 4.13. The van der Waals surface area contributed by atoms with Crippen LogP contribution in [0, 0.1) is 0 Å². The number of hydrogen-bond acceptors (Lipinski definition) is 4. The smallest absolute Gasteiger partial charge is 0.433 e. The molecule has 30 heavy (non-hydrogen) atoms. The van der Waals surface area contributed by atoms with Gasteiger partial charge in [0.2, 0.25) is 0 Å². The standard InChI is InChI=1S/C21H18BrF3N2O3/c1-2-29-20(28)17-11-19(21(23,24)25)27(26-17)12-15-10-16(22)8-9-18(15)30-13-14-6-4-3-5-7-14/h3-11H,2,12-13H2,1H3. The largest absolute Gasteiger partial charge is 0.489 e. The zero-order valence-corrected chi connectivity index (χ0v) is 17.5. The second kappa shape index (κ2) is 9.34. The van der Waals surface area contributed by atoms with E-state index in [4.69, 9.17) is 9.47 Å². The summed E-state index contributed by atoms with van der Waals surface area (Å²) in [6, 6.07) is 15.2. The molecular weight excluding hydrogens is 465 g/mol. The maximum Gasteiger partial charge on any atom is 0.433 e. The van der Waals surface area contributed by atoms with Gasteiger partial charge in [-0.2, -0.15) is 18.3 Å². The van der Waals surface area contributed by atoms with Crippen molar-refractivity contribution in [3.63, 3.8) is 0 Å². The van der Waals surface area contributed by atoms with E-state index in [1.165, 1.54) is 0 Å². The molecule has 9 heteroatoms. The molecule has 0 N–H and O–H groups in total. The Bertz CT molecular complexity index is 1020. The molecule has 158 valence electrons. The molecule has 3 rings (SSSR count). The summed E-state index contributed by atoms with van der Waals surface area (Å²) in [7, 11) is 0. The lowest BCUT2D eigenvalue weighted by Crippen LogP contribution is -2.16. The molecule has 0 saturated carbocycles. The molecule has 2 aromatic carbocycles. The van der Waals surface area contributed by atoms with Gasteiger partial charge in [-0.3, -0.25) is 4.68 Å². The Hall–Kier alpha value is -2.81.